The van der Waals surface area contributed by atoms with E-state index in [1.54, 1.807) is 24.3 Å². The van der Waals surface area contributed by atoms with Gasteiger partial charge in [0.25, 0.3) is 5.91 Å². The number of nitrogens with zero attached hydrogens (tertiary/aromatic N) is 1. The third-order valence-electron chi connectivity index (χ3n) is 6.92. The topological polar surface area (TPSA) is 63.7 Å². The van der Waals surface area contributed by atoms with Crippen LogP contribution in [0, 0.1) is 0 Å². The monoisotopic (exact) mass is 605 g/mol. The summed E-state index contributed by atoms with van der Waals surface area (Å²) in [7, 11) is -4.68. The van der Waals surface area contributed by atoms with Gasteiger partial charge in [-0.3, -0.25) is 4.79 Å². The van der Waals surface area contributed by atoms with Crippen LogP contribution in [0.15, 0.2) is 54.6 Å². The molecule has 0 saturated carbocycles. The Bertz CT molecular complexity index is 1360. The first kappa shape index (κ1) is 32.5. The second-order valence-electron chi connectivity index (χ2n) is 11.2. The highest BCUT2D eigenvalue weighted by Gasteiger charge is 2.65. The molecule has 0 radical (unpaired) electrons. The Balaban J connectivity index is 1.95. The molecule has 1 amide bonds. The fraction of sp³-hybridized carbons (Fsp3) is 0.483. The maximum Gasteiger partial charge on any atom is 0.417 e. The van der Waals surface area contributed by atoms with E-state index in [-0.39, 0.29) is 40.5 Å². The van der Waals surface area contributed by atoms with Gasteiger partial charge >= 0.3 is 12.4 Å². The van der Waals surface area contributed by atoms with Crippen molar-refractivity contribution >= 4 is 21.5 Å². The molecular formula is C29H33F6NO4S. The van der Waals surface area contributed by atoms with E-state index in [9.17, 15) is 26.4 Å². The molecule has 3 rings (SSSR count). The molecule has 41 heavy (non-hydrogen) atoms. The molecule has 5 nitrogen and oxygen atoms in total. The second-order valence-corrected chi connectivity index (χ2v) is 13.0. The van der Waals surface area contributed by atoms with Crippen LogP contribution in [0.5, 0.6) is 5.75 Å². The highest BCUT2D eigenvalue weighted by atomic mass is 32.2. The van der Waals surface area contributed by atoms with E-state index in [1.807, 2.05) is 20.8 Å². The molecule has 1 heterocycles. The van der Waals surface area contributed by atoms with Crippen LogP contribution >= 0.6 is 0 Å². The minimum Gasteiger partial charge on any atom is -0.494 e. The smallest absolute Gasteiger partial charge is 0.417 e. The molecule has 0 aromatic heterocycles. The van der Waals surface area contributed by atoms with Crippen molar-refractivity contribution in [3.05, 3.63) is 71.3 Å². The molecule has 1 aliphatic heterocycles. The quantitative estimate of drug-likeness (QED) is 0.219. The molecule has 226 valence electrons. The SMILES string of the molecule is CC(C)(C)c1ccc(C2=CC(=O)N(S(C)(=O)=O)C(c3ccc(OCCCCCC(F)(F)F)cc3)(C(F)(F)F)C2)cc1. The van der Waals surface area contributed by atoms with Crippen molar-refractivity contribution in [2.24, 2.45) is 0 Å². The van der Waals surface area contributed by atoms with Crippen LogP contribution in [-0.4, -0.2) is 43.8 Å². The highest BCUT2D eigenvalue weighted by Crippen LogP contribution is 2.53. The largest absolute Gasteiger partial charge is 0.494 e. The van der Waals surface area contributed by atoms with Gasteiger partial charge < -0.3 is 4.74 Å². The van der Waals surface area contributed by atoms with Crippen molar-refractivity contribution in [2.45, 2.75) is 76.2 Å². The van der Waals surface area contributed by atoms with Gasteiger partial charge in [-0.2, -0.15) is 26.3 Å². The minimum atomic E-state index is -5.20. The molecule has 0 saturated heterocycles. The first-order valence-corrected chi connectivity index (χ1v) is 14.8. The predicted octanol–water partition coefficient (Wildman–Crippen LogP) is 7.52. The maximum absolute atomic E-state index is 15.1. The molecule has 0 aliphatic carbocycles. The van der Waals surface area contributed by atoms with E-state index in [1.165, 1.54) is 12.1 Å². The molecule has 12 heteroatoms. The number of carbonyl (C=O) groups excluding carboxylic acids is 1. The van der Waals surface area contributed by atoms with Crippen LogP contribution in [-0.2, 0) is 25.8 Å². The van der Waals surface area contributed by atoms with E-state index in [0.29, 0.717) is 18.2 Å². The van der Waals surface area contributed by atoms with Crippen LogP contribution in [0.4, 0.5) is 26.3 Å². The van der Waals surface area contributed by atoms with Gasteiger partial charge in [0.2, 0.25) is 10.0 Å². The van der Waals surface area contributed by atoms with E-state index in [2.05, 4.69) is 0 Å². The third-order valence-corrected chi connectivity index (χ3v) is 8.07. The van der Waals surface area contributed by atoms with Gasteiger partial charge in [0, 0.05) is 18.9 Å². The van der Waals surface area contributed by atoms with Crippen LogP contribution < -0.4 is 4.74 Å². The summed E-state index contributed by atoms with van der Waals surface area (Å²) in [6.45, 7) is 5.98. The molecule has 0 N–H and O–H groups in total. The van der Waals surface area contributed by atoms with Crippen molar-refractivity contribution in [3.8, 4) is 5.75 Å². The van der Waals surface area contributed by atoms with Gasteiger partial charge in [-0.1, -0.05) is 57.2 Å². The van der Waals surface area contributed by atoms with Crippen LogP contribution in [0.25, 0.3) is 5.57 Å². The number of carbonyl (C=O) groups is 1. The fourth-order valence-corrected chi connectivity index (χ4v) is 6.05. The molecule has 1 atom stereocenters. The maximum atomic E-state index is 15.1. The first-order valence-electron chi connectivity index (χ1n) is 13.0. The zero-order chi connectivity index (χ0) is 30.9. The number of unbranched alkanes of at least 4 members (excludes halogenated alkanes) is 2. The molecule has 1 aliphatic rings. The molecule has 2 aromatic rings. The van der Waals surface area contributed by atoms with Gasteiger partial charge in [0.15, 0.2) is 5.54 Å². The van der Waals surface area contributed by atoms with E-state index >= 15 is 13.2 Å². The first-order chi connectivity index (χ1) is 18.8. The Kier molecular flexibility index (Phi) is 9.27. The number of halogens is 6. The number of hydrogen-bond donors (Lipinski definition) is 0. The zero-order valence-electron chi connectivity index (χ0n) is 23.2. The van der Waals surface area contributed by atoms with Crippen molar-refractivity contribution in [2.75, 3.05) is 12.9 Å². The Hall–Kier alpha value is -3.02. The summed E-state index contributed by atoms with van der Waals surface area (Å²) in [6.07, 6.45) is -9.21. The normalized spacial score (nSPS) is 18.8. The lowest BCUT2D eigenvalue weighted by Crippen LogP contribution is -2.61. The average molecular weight is 606 g/mol. The van der Waals surface area contributed by atoms with E-state index in [4.69, 9.17) is 4.74 Å². The van der Waals surface area contributed by atoms with Crippen molar-refractivity contribution in [3.63, 3.8) is 0 Å². The van der Waals surface area contributed by atoms with Crippen molar-refractivity contribution < 1.29 is 44.3 Å². The number of hydrogen-bond acceptors (Lipinski definition) is 4. The number of ether oxygens (including phenoxy) is 1. The number of sulfonamides is 1. The molecule has 0 bridgehead atoms. The Morgan fingerprint density at radius 1 is 0.878 bits per heavy atom. The highest BCUT2D eigenvalue weighted by molar-refractivity contribution is 7.89. The number of rotatable bonds is 9. The van der Waals surface area contributed by atoms with Crippen LogP contribution in [0.3, 0.4) is 0 Å². The summed E-state index contributed by atoms with van der Waals surface area (Å²) in [5.41, 5.74) is -2.59. The zero-order valence-corrected chi connectivity index (χ0v) is 24.0. The van der Waals surface area contributed by atoms with Gasteiger partial charge in [-0.25, -0.2) is 12.7 Å². The number of amides is 1. The second kappa shape index (κ2) is 11.7. The van der Waals surface area contributed by atoms with Crippen molar-refractivity contribution in [1.29, 1.82) is 0 Å². The molecular weight excluding hydrogens is 572 g/mol. The molecule has 0 fully saturated rings. The van der Waals surface area contributed by atoms with Gasteiger partial charge in [-0.05, 0) is 59.1 Å². The lowest BCUT2D eigenvalue weighted by Gasteiger charge is -2.46. The summed E-state index contributed by atoms with van der Waals surface area (Å²) in [6, 6.07) is 11.3. The van der Waals surface area contributed by atoms with Gasteiger partial charge in [0.05, 0.1) is 12.9 Å². The Morgan fingerprint density at radius 3 is 1.95 bits per heavy atom. The van der Waals surface area contributed by atoms with Crippen molar-refractivity contribution in [1.82, 2.24) is 4.31 Å². The summed E-state index contributed by atoms with van der Waals surface area (Å²) >= 11 is 0. The lowest BCUT2D eigenvalue weighted by atomic mass is 9.78. The number of alkyl halides is 6. The molecule has 0 spiro atoms. The summed E-state index contributed by atoms with van der Waals surface area (Å²) < 4.78 is 113. The molecule has 1 unspecified atom stereocenters. The van der Waals surface area contributed by atoms with E-state index < -0.39 is 52.2 Å². The lowest BCUT2D eigenvalue weighted by molar-refractivity contribution is -0.221. The Morgan fingerprint density at radius 2 is 1.46 bits per heavy atom. The van der Waals surface area contributed by atoms with Gasteiger partial charge in [-0.15, -0.1) is 0 Å². The predicted molar refractivity (Wildman–Crippen MR) is 144 cm³/mol. The summed E-state index contributed by atoms with van der Waals surface area (Å²) in [5, 5.41) is 0. The Labute approximate surface area is 236 Å². The van der Waals surface area contributed by atoms with Crippen LogP contribution in [0.1, 0.15) is 69.6 Å². The van der Waals surface area contributed by atoms with Gasteiger partial charge in [0.1, 0.15) is 5.75 Å². The minimum absolute atomic E-state index is 0.0341. The molecule has 2 aromatic carbocycles. The number of benzene rings is 2. The van der Waals surface area contributed by atoms with Crippen LogP contribution in [0.2, 0.25) is 0 Å². The summed E-state index contributed by atoms with van der Waals surface area (Å²) in [5.74, 6) is -1.16. The average Bonchev–Trinajstić information content (AvgIpc) is 2.83. The summed E-state index contributed by atoms with van der Waals surface area (Å²) in [4.78, 5) is 13.1. The fourth-order valence-electron chi connectivity index (χ4n) is 4.83. The third kappa shape index (κ3) is 7.64. The van der Waals surface area contributed by atoms with E-state index in [0.717, 1.165) is 23.8 Å². The standard InChI is InChI=1S/C29H33F6NO4S/c1-26(2,3)22-10-8-20(9-11-22)21-18-25(37)36(41(4,38)39)27(19-21,29(33,34)35)23-12-14-24(15-13-23)40-17-7-5-6-16-28(30,31)32/h8-15,18H,5-7,16-17,19H2,1-4H3.